The molecule has 0 saturated heterocycles. The fourth-order valence-corrected chi connectivity index (χ4v) is 3.40. The lowest BCUT2D eigenvalue weighted by atomic mass is 10.1. The van der Waals surface area contributed by atoms with Gasteiger partial charge in [-0.3, -0.25) is 4.79 Å². The summed E-state index contributed by atoms with van der Waals surface area (Å²) in [6, 6.07) is 11.0. The number of hydrogen-bond acceptors (Lipinski definition) is 5. The Kier molecular flexibility index (Phi) is 9.69. The molecule has 0 aliphatic rings. The van der Waals surface area contributed by atoms with Crippen molar-refractivity contribution in [1.29, 1.82) is 0 Å². The maximum Gasteiger partial charge on any atom is 0.246 e. The first-order chi connectivity index (χ1) is 14.9. The number of methoxy groups -OCH3 is 1. The molecule has 1 unspecified atom stereocenters. The normalized spacial score (nSPS) is 11.9. The molecule has 0 saturated carbocycles. The molecule has 0 spiro atoms. The van der Waals surface area contributed by atoms with Crippen molar-refractivity contribution >= 4 is 23.6 Å². The van der Waals surface area contributed by atoms with Crippen LogP contribution in [0.2, 0.25) is 5.02 Å². The minimum atomic E-state index is -0.670. The molecule has 7 heteroatoms. The number of benzene rings is 2. The number of para-hydroxylation sites is 1. The van der Waals surface area contributed by atoms with Crippen LogP contribution < -0.4 is 14.2 Å². The molecule has 0 fully saturated rings. The van der Waals surface area contributed by atoms with Crippen LogP contribution in [0.3, 0.4) is 0 Å². The summed E-state index contributed by atoms with van der Waals surface area (Å²) in [7, 11) is 1.52. The molecule has 0 heterocycles. The van der Waals surface area contributed by atoms with Gasteiger partial charge in [-0.1, -0.05) is 29.8 Å². The Morgan fingerprint density at radius 1 is 1.16 bits per heavy atom. The van der Waals surface area contributed by atoms with Gasteiger partial charge < -0.3 is 24.2 Å². The van der Waals surface area contributed by atoms with Crippen molar-refractivity contribution in [3.8, 4) is 17.2 Å². The second-order valence-electron chi connectivity index (χ2n) is 6.91. The summed E-state index contributed by atoms with van der Waals surface area (Å²) >= 11 is 6.29. The maximum absolute atomic E-state index is 12.9. The van der Waals surface area contributed by atoms with Crippen LogP contribution in [0.25, 0.3) is 6.08 Å². The number of halogens is 1. The summed E-state index contributed by atoms with van der Waals surface area (Å²) in [4.78, 5) is 14.5. The third-order valence-corrected chi connectivity index (χ3v) is 4.66. The molecule has 0 aromatic heterocycles. The fourth-order valence-electron chi connectivity index (χ4n) is 3.11. The lowest BCUT2D eigenvalue weighted by Crippen LogP contribution is -2.35. The van der Waals surface area contributed by atoms with Crippen LogP contribution >= 0.6 is 11.6 Å². The fraction of sp³-hybridized carbons (Fsp3) is 0.375. The van der Waals surface area contributed by atoms with E-state index in [0.29, 0.717) is 41.8 Å². The smallest absolute Gasteiger partial charge is 0.246 e. The predicted octanol–water partition coefficient (Wildman–Crippen LogP) is 4.57. The molecule has 0 radical (unpaired) electrons. The maximum atomic E-state index is 12.9. The molecule has 0 bridgehead atoms. The van der Waals surface area contributed by atoms with Crippen LogP contribution in [0.4, 0.5) is 0 Å². The van der Waals surface area contributed by atoms with E-state index in [-0.39, 0.29) is 12.5 Å². The van der Waals surface area contributed by atoms with Gasteiger partial charge >= 0.3 is 0 Å². The van der Waals surface area contributed by atoms with Crippen molar-refractivity contribution in [2.45, 2.75) is 33.4 Å². The number of nitrogens with zero attached hydrogens (tertiary/aromatic N) is 1. The molecule has 6 nitrogen and oxygen atoms in total. The van der Waals surface area contributed by atoms with E-state index in [1.165, 1.54) is 13.2 Å². The van der Waals surface area contributed by atoms with Gasteiger partial charge in [0, 0.05) is 24.7 Å². The van der Waals surface area contributed by atoms with Crippen molar-refractivity contribution in [3.63, 3.8) is 0 Å². The van der Waals surface area contributed by atoms with E-state index in [0.717, 1.165) is 11.3 Å². The minimum absolute atomic E-state index is 0.192. The van der Waals surface area contributed by atoms with Gasteiger partial charge in [-0.05, 0) is 50.6 Å². The van der Waals surface area contributed by atoms with Crippen molar-refractivity contribution < 1.29 is 24.1 Å². The average molecular weight is 448 g/mol. The molecule has 2 rings (SSSR count). The molecular formula is C24H30ClNO5. The Morgan fingerprint density at radius 2 is 1.84 bits per heavy atom. The highest BCUT2D eigenvalue weighted by Gasteiger charge is 2.17. The minimum Gasteiger partial charge on any atom is -0.494 e. The molecule has 0 aliphatic heterocycles. The predicted molar refractivity (Wildman–Crippen MR) is 123 cm³/mol. The Hall–Kier alpha value is -2.70. The van der Waals surface area contributed by atoms with Gasteiger partial charge in [0.25, 0.3) is 0 Å². The van der Waals surface area contributed by atoms with E-state index in [1.54, 1.807) is 30.0 Å². The van der Waals surface area contributed by atoms with Crippen molar-refractivity contribution in [2.75, 3.05) is 26.9 Å². The molecule has 168 valence electrons. The summed E-state index contributed by atoms with van der Waals surface area (Å²) in [5.74, 6) is 1.45. The highest BCUT2D eigenvalue weighted by molar-refractivity contribution is 6.32. The lowest BCUT2D eigenvalue weighted by molar-refractivity contribution is -0.127. The Morgan fingerprint density at radius 3 is 2.48 bits per heavy atom. The quantitative estimate of drug-likeness (QED) is 0.511. The Labute approximate surface area is 189 Å². The van der Waals surface area contributed by atoms with Crippen LogP contribution in [-0.2, 0) is 11.3 Å². The molecule has 2 aromatic rings. The summed E-state index contributed by atoms with van der Waals surface area (Å²) in [5.41, 5.74) is 1.58. The number of hydrogen-bond donors (Lipinski definition) is 1. The number of ether oxygens (including phenoxy) is 3. The zero-order chi connectivity index (χ0) is 22.8. The Balaban J connectivity index is 2.25. The molecule has 1 atom stereocenters. The van der Waals surface area contributed by atoms with Gasteiger partial charge in [0.2, 0.25) is 5.91 Å². The van der Waals surface area contributed by atoms with E-state index in [2.05, 4.69) is 0 Å². The average Bonchev–Trinajstić information content (AvgIpc) is 2.73. The zero-order valence-electron chi connectivity index (χ0n) is 18.4. The van der Waals surface area contributed by atoms with Gasteiger partial charge in [0.05, 0.1) is 31.5 Å². The van der Waals surface area contributed by atoms with Crippen LogP contribution in [0.15, 0.2) is 42.5 Å². The third-order valence-electron chi connectivity index (χ3n) is 4.38. The molecular weight excluding hydrogens is 418 g/mol. The lowest BCUT2D eigenvalue weighted by Gasteiger charge is -2.24. The second kappa shape index (κ2) is 12.2. The number of rotatable bonds is 11. The van der Waals surface area contributed by atoms with Crippen LogP contribution in [0.5, 0.6) is 17.2 Å². The topological polar surface area (TPSA) is 68.2 Å². The molecule has 1 amide bonds. The van der Waals surface area contributed by atoms with Crippen LogP contribution in [0, 0.1) is 0 Å². The van der Waals surface area contributed by atoms with E-state index in [1.807, 2.05) is 38.1 Å². The molecule has 2 aromatic carbocycles. The summed E-state index contributed by atoms with van der Waals surface area (Å²) in [6.45, 7) is 6.93. The van der Waals surface area contributed by atoms with Crippen molar-refractivity contribution in [3.05, 3.63) is 58.6 Å². The number of aliphatic hydroxyl groups is 1. The van der Waals surface area contributed by atoms with Gasteiger partial charge in [-0.25, -0.2) is 0 Å². The largest absolute Gasteiger partial charge is 0.494 e. The van der Waals surface area contributed by atoms with Gasteiger partial charge in [0.1, 0.15) is 5.75 Å². The highest BCUT2D eigenvalue weighted by atomic mass is 35.5. The number of carbonyl (C=O) groups is 1. The molecule has 0 aliphatic carbocycles. The molecule has 31 heavy (non-hydrogen) atoms. The monoisotopic (exact) mass is 447 g/mol. The van der Waals surface area contributed by atoms with Gasteiger partial charge in [-0.2, -0.15) is 0 Å². The number of aliphatic hydroxyl groups excluding tert-OH is 1. The Bertz CT molecular complexity index is 898. The first-order valence-electron chi connectivity index (χ1n) is 10.3. The highest BCUT2D eigenvalue weighted by Crippen LogP contribution is 2.36. The van der Waals surface area contributed by atoms with Crippen molar-refractivity contribution in [2.24, 2.45) is 0 Å². The summed E-state index contributed by atoms with van der Waals surface area (Å²) in [6.07, 6.45) is 2.45. The van der Waals surface area contributed by atoms with Gasteiger partial charge in [0.15, 0.2) is 11.5 Å². The van der Waals surface area contributed by atoms with Crippen LogP contribution in [0.1, 0.15) is 31.9 Å². The third kappa shape index (κ3) is 7.19. The summed E-state index contributed by atoms with van der Waals surface area (Å²) < 4.78 is 16.5. The SMILES string of the molecule is CCOc1ccccc1CN(CC(C)O)C(=O)/C=C/c1cc(Cl)c(OC)c(OCC)c1. The number of carbonyl (C=O) groups excluding carboxylic acids is 1. The standard InChI is InChI=1S/C24H30ClNO5/c1-5-30-21-10-8-7-9-19(21)16-26(15-17(3)27)23(28)12-11-18-13-20(25)24(29-4)22(14-18)31-6-2/h7-14,17,27H,5-6,15-16H2,1-4H3/b12-11+. The first kappa shape index (κ1) is 24.6. The van der Waals surface area contributed by atoms with E-state index in [4.69, 9.17) is 25.8 Å². The van der Waals surface area contributed by atoms with Gasteiger partial charge in [-0.15, -0.1) is 0 Å². The van der Waals surface area contributed by atoms with Crippen molar-refractivity contribution in [1.82, 2.24) is 4.90 Å². The van der Waals surface area contributed by atoms with E-state index >= 15 is 0 Å². The zero-order valence-corrected chi connectivity index (χ0v) is 19.2. The second-order valence-corrected chi connectivity index (χ2v) is 7.32. The van der Waals surface area contributed by atoms with E-state index < -0.39 is 6.10 Å². The summed E-state index contributed by atoms with van der Waals surface area (Å²) in [5, 5.41) is 10.3. The van der Waals surface area contributed by atoms with Crippen LogP contribution in [-0.4, -0.2) is 48.9 Å². The number of amides is 1. The molecule has 1 N–H and O–H groups in total. The van der Waals surface area contributed by atoms with E-state index in [9.17, 15) is 9.90 Å². The first-order valence-corrected chi connectivity index (χ1v) is 10.6.